The molecule has 1 atom stereocenters. The van der Waals surface area contributed by atoms with Gasteiger partial charge in [-0.25, -0.2) is 0 Å². The third-order valence-corrected chi connectivity index (χ3v) is 0. The Balaban J connectivity index is 0. The molecule has 0 saturated carbocycles. The molecule has 1 nitrogen and oxygen atoms in total. The van der Waals surface area contributed by atoms with Crippen molar-refractivity contribution < 1.29 is 47.9 Å². The van der Waals surface area contributed by atoms with Gasteiger partial charge in [0.05, 0.1) is 0 Å². The molecule has 0 aliphatic heterocycles. The monoisotopic (exact) mass is 338 g/mol. The summed E-state index contributed by atoms with van der Waals surface area (Å²) in [5, 5.41) is 0. The van der Waals surface area contributed by atoms with Gasteiger partial charge in [-0.2, -0.15) is 0 Å². The molecular formula is H2OPUV. The van der Waals surface area contributed by atoms with Crippen LogP contribution in [0.4, 0.5) is 0 Å². The molecule has 22 valence electrons. The van der Waals surface area contributed by atoms with Crippen LogP contribution in [0.3, 0.4) is 0 Å². The zero-order valence-corrected chi connectivity index (χ0v) is 8.65. The Bertz CT molecular complexity index is 15.5. The van der Waals surface area contributed by atoms with Crippen molar-refractivity contribution in [3.8, 4) is 0 Å². The van der Waals surface area contributed by atoms with Gasteiger partial charge in [-0.1, -0.05) is 0 Å². The molecule has 0 N–H and O–H groups in total. The van der Waals surface area contributed by atoms with Gasteiger partial charge in [-0.15, -0.1) is 0 Å². The molecule has 0 aliphatic rings. The zero-order chi connectivity index (χ0) is 2.71. The predicted molar refractivity (Wildman–Crippen MR) is 10.4 cm³/mol. The first kappa shape index (κ1) is 9.29. The Morgan fingerprint density at radius 1 is 1.75 bits per heavy atom. The van der Waals surface area contributed by atoms with E-state index >= 15 is 0 Å². The summed E-state index contributed by atoms with van der Waals surface area (Å²) in [5.41, 5.74) is 0. The topological polar surface area (TPSA) is 17.1 Å². The van der Waals surface area contributed by atoms with Crippen LogP contribution in [0.2, 0.25) is 0 Å². The summed E-state index contributed by atoms with van der Waals surface area (Å²) in [6.45, 7) is 0. The van der Waals surface area contributed by atoms with Crippen LogP contribution in [0, 0.1) is 27.1 Å². The van der Waals surface area contributed by atoms with Crippen molar-refractivity contribution in [2.75, 3.05) is 0 Å². The Morgan fingerprint density at radius 2 is 1.75 bits per heavy atom. The van der Waals surface area contributed by atoms with Crippen molar-refractivity contribution in [1.29, 1.82) is 0 Å². The first-order chi connectivity index (χ1) is 1.41. The molecule has 0 rings (SSSR count). The molecule has 1 unspecified atom stereocenters. The second kappa shape index (κ2) is 8.85. The molecule has 0 aromatic rings. The average Bonchev–Trinajstić information content (AvgIpc) is 0.918. The number of hydrogen-bond acceptors (Lipinski definition) is 1. The molecule has 0 aromatic carbocycles. The van der Waals surface area contributed by atoms with Crippen LogP contribution >= 0.6 is 5.74 Å². The van der Waals surface area contributed by atoms with E-state index in [1.54, 1.807) is 0 Å². The standard InChI is InChI=1S/O.H2P.U.V/h;1H2;;/q;-1;+1;. The molecule has 0 aliphatic carbocycles. The molecular weight excluding hydrogens is 336 g/mol. The van der Waals surface area contributed by atoms with Gasteiger partial charge in [0, 0.05) is 18.6 Å². The quantitative estimate of drug-likeness (QED) is 0.577. The van der Waals surface area contributed by atoms with E-state index in [-0.39, 0.29) is 18.6 Å². The van der Waals surface area contributed by atoms with Crippen molar-refractivity contribution in [3.05, 3.63) is 0 Å². The van der Waals surface area contributed by atoms with Gasteiger partial charge < -0.3 is 0 Å². The molecule has 0 fully saturated rings. The first-order valence-electron chi connectivity index (χ1n) is 0.493. The van der Waals surface area contributed by atoms with Gasteiger partial charge in [-0.3, -0.25) is 0 Å². The summed E-state index contributed by atoms with van der Waals surface area (Å²) in [4.78, 5) is 0. The van der Waals surface area contributed by atoms with Gasteiger partial charge in [-0.05, 0) is 0 Å². The fourth-order valence-electron chi connectivity index (χ4n) is 0. The van der Waals surface area contributed by atoms with Crippen molar-refractivity contribution in [2.45, 2.75) is 0 Å². The summed E-state index contributed by atoms with van der Waals surface area (Å²) in [6.07, 6.45) is 0. The average molecular weight is 338 g/mol. The molecule has 0 spiro atoms. The van der Waals surface area contributed by atoms with Crippen LogP contribution in [-0.4, -0.2) is 0 Å². The molecule has 0 saturated heterocycles. The zero-order valence-electron chi connectivity index (χ0n) is 1.93. The Labute approximate surface area is 53.1 Å². The van der Waals surface area contributed by atoms with E-state index < -0.39 is 27.1 Å². The largest absolute Gasteiger partial charge is 0 e. The molecule has 1 radical (unpaired) electrons. The van der Waals surface area contributed by atoms with Crippen molar-refractivity contribution in [1.82, 2.24) is 0 Å². The van der Waals surface area contributed by atoms with E-state index in [0.29, 0.717) is 0 Å². The summed E-state index contributed by atoms with van der Waals surface area (Å²) < 4.78 is 9.10. The maximum Gasteiger partial charge on any atom is 0 e. The van der Waals surface area contributed by atoms with Gasteiger partial charge in [0.1, 0.15) is 0 Å². The van der Waals surface area contributed by atoms with Crippen LogP contribution < -0.4 is 0 Å². The third kappa shape index (κ3) is 9.12. The van der Waals surface area contributed by atoms with Gasteiger partial charge >= 0.3 is 35.1 Å². The van der Waals surface area contributed by atoms with E-state index in [2.05, 4.69) is 5.74 Å². The Hall–Kier alpha value is 1.87. The minimum Gasteiger partial charge on any atom is 0 e. The normalized spacial score (nSPS) is 2.25. The molecule has 0 amide bonds. The number of rotatable bonds is 0. The Kier molecular flexibility index (Phi) is 20.6. The van der Waals surface area contributed by atoms with Crippen molar-refractivity contribution in [2.24, 2.45) is 0 Å². The molecule has 0 aromatic heterocycles. The van der Waals surface area contributed by atoms with E-state index in [1.807, 2.05) is 0 Å². The molecule has 0 heterocycles. The predicted octanol–water partition coefficient (Wildman–Crippen LogP) is 0.205. The fraction of sp³-hybridized carbons (Fsp3) is 0. The maximum atomic E-state index is 9.10. The second-order valence-electron chi connectivity index (χ2n) is 0.118. The first-order valence-corrected chi connectivity index (χ1v) is 9.98. The van der Waals surface area contributed by atoms with Crippen LogP contribution in [0.15, 0.2) is 0 Å². The minimum atomic E-state index is -1.34. The molecule has 0 bridgehead atoms. The minimum absolute atomic E-state index is 0. The summed E-state index contributed by atoms with van der Waals surface area (Å²) in [6, 6.07) is 0. The van der Waals surface area contributed by atoms with Crippen LogP contribution in [-0.2, 0) is 20.8 Å². The summed E-state index contributed by atoms with van der Waals surface area (Å²) in [7, 11) is 0. The molecule has 4 heavy (non-hydrogen) atoms. The summed E-state index contributed by atoms with van der Waals surface area (Å²) >= 11 is -1.34. The van der Waals surface area contributed by atoms with E-state index in [0.717, 1.165) is 0 Å². The SMILES string of the molecule is [O]=[U][PH2].[V]. The Morgan fingerprint density at radius 3 is 1.75 bits per heavy atom. The van der Waals surface area contributed by atoms with Gasteiger partial charge in [0.15, 0.2) is 0 Å². The fourth-order valence-corrected chi connectivity index (χ4v) is 0. The van der Waals surface area contributed by atoms with Crippen molar-refractivity contribution >= 4 is 5.74 Å². The van der Waals surface area contributed by atoms with Crippen molar-refractivity contribution in [3.63, 3.8) is 0 Å². The van der Waals surface area contributed by atoms with E-state index in [4.69, 9.17) is 2.24 Å². The smallest absolute Gasteiger partial charge is 0 e. The number of hydrogen-bond donors (Lipinski definition) is 0. The summed E-state index contributed by atoms with van der Waals surface area (Å²) in [5.74, 6) is 2.23. The second-order valence-corrected chi connectivity index (χ2v) is 3.30. The van der Waals surface area contributed by atoms with Gasteiger partial charge in [0.2, 0.25) is 0 Å². The van der Waals surface area contributed by atoms with E-state index in [9.17, 15) is 0 Å². The maximum absolute atomic E-state index is 9.10. The van der Waals surface area contributed by atoms with Gasteiger partial charge in [0.25, 0.3) is 0 Å². The van der Waals surface area contributed by atoms with Crippen LogP contribution in [0.25, 0.3) is 0 Å². The van der Waals surface area contributed by atoms with E-state index in [1.165, 1.54) is 0 Å². The van der Waals surface area contributed by atoms with Crippen LogP contribution in [0.5, 0.6) is 0 Å². The molecule has 4 heteroatoms. The third-order valence-electron chi connectivity index (χ3n) is 0. The van der Waals surface area contributed by atoms with Crippen LogP contribution in [0.1, 0.15) is 0 Å².